The van der Waals surface area contributed by atoms with Crippen molar-refractivity contribution in [1.29, 1.82) is 0 Å². The lowest BCUT2D eigenvalue weighted by Gasteiger charge is -2.07. The Balaban J connectivity index is 1.29. The first-order valence-corrected chi connectivity index (χ1v) is 11.7. The molecule has 0 bridgehead atoms. The van der Waals surface area contributed by atoms with Gasteiger partial charge in [0.25, 0.3) is 0 Å². The van der Waals surface area contributed by atoms with E-state index < -0.39 is 0 Å². The van der Waals surface area contributed by atoms with Crippen LogP contribution in [0.3, 0.4) is 0 Å². The molecule has 4 heteroatoms. The first-order valence-electron chi connectivity index (χ1n) is 11.7. The first-order chi connectivity index (χ1) is 14.8. The monoisotopic (exact) mass is 412 g/mol. The minimum Gasteiger partial charge on any atom is -0.508 e. The second-order valence-electron chi connectivity index (χ2n) is 8.15. The number of unbranched alkanes of at least 4 members (excludes halogenated alkanes) is 9. The quantitative estimate of drug-likeness (QED) is 0.245. The molecule has 0 aliphatic carbocycles. The number of benzene rings is 2. The van der Waals surface area contributed by atoms with Gasteiger partial charge >= 0.3 is 0 Å². The number of hydrogen-bond donors (Lipinski definition) is 4. The van der Waals surface area contributed by atoms with Gasteiger partial charge in [-0.15, -0.1) is 0 Å². The maximum absolute atomic E-state index is 9.73. The van der Waals surface area contributed by atoms with Gasteiger partial charge in [0, 0.05) is 24.2 Å². The molecule has 4 nitrogen and oxygen atoms in total. The number of hydrogen-bond acceptors (Lipinski definition) is 4. The third-order valence-corrected chi connectivity index (χ3v) is 5.57. The smallest absolute Gasteiger partial charge is 0.120 e. The Bertz CT molecular complexity index is 631. The van der Waals surface area contributed by atoms with Gasteiger partial charge in [-0.3, -0.25) is 0 Å². The van der Waals surface area contributed by atoms with Crippen molar-refractivity contribution in [3.8, 4) is 11.5 Å². The molecule has 0 fully saturated rings. The van der Waals surface area contributed by atoms with E-state index in [2.05, 4.69) is 10.6 Å². The second-order valence-corrected chi connectivity index (χ2v) is 8.15. The second kappa shape index (κ2) is 15.8. The summed E-state index contributed by atoms with van der Waals surface area (Å²) in [5.74, 6) is 0.766. The molecule has 0 aromatic heterocycles. The van der Waals surface area contributed by atoms with Crippen LogP contribution in [0.1, 0.15) is 75.3 Å². The van der Waals surface area contributed by atoms with Gasteiger partial charge in [-0.05, 0) is 38.1 Å². The zero-order chi connectivity index (χ0) is 21.3. The van der Waals surface area contributed by atoms with Gasteiger partial charge in [-0.2, -0.15) is 0 Å². The Labute approximate surface area is 182 Å². The summed E-state index contributed by atoms with van der Waals surface area (Å²) in [5.41, 5.74) is 1.95. The zero-order valence-corrected chi connectivity index (χ0v) is 18.4. The molecule has 2 aromatic carbocycles. The normalized spacial score (nSPS) is 11.1. The Hall–Kier alpha value is -2.04. The highest BCUT2D eigenvalue weighted by Gasteiger charge is 1.99. The van der Waals surface area contributed by atoms with Crippen molar-refractivity contribution < 1.29 is 10.2 Å². The van der Waals surface area contributed by atoms with Gasteiger partial charge in [0.1, 0.15) is 11.5 Å². The van der Waals surface area contributed by atoms with Crippen LogP contribution in [0.2, 0.25) is 0 Å². The van der Waals surface area contributed by atoms with Crippen molar-refractivity contribution in [2.75, 3.05) is 13.1 Å². The summed E-state index contributed by atoms with van der Waals surface area (Å²) in [7, 11) is 0. The molecular formula is C26H40N2O2. The van der Waals surface area contributed by atoms with E-state index in [4.69, 9.17) is 0 Å². The SMILES string of the molecule is Oc1ccccc1CNCCCCCCCCCCCCNCc1ccccc1O. The number of aromatic hydroxyl groups is 2. The lowest BCUT2D eigenvalue weighted by atomic mass is 10.1. The summed E-state index contributed by atoms with van der Waals surface area (Å²) < 4.78 is 0. The van der Waals surface area contributed by atoms with Crippen molar-refractivity contribution in [1.82, 2.24) is 10.6 Å². The fourth-order valence-corrected chi connectivity index (χ4v) is 3.68. The van der Waals surface area contributed by atoms with Gasteiger partial charge in [0.15, 0.2) is 0 Å². The van der Waals surface area contributed by atoms with E-state index in [1.165, 1.54) is 64.2 Å². The third kappa shape index (κ3) is 10.7. The molecule has 0 heterocycles. The van der Waals surface area contributed by atoms with Crippen LogP contribution in [0.15, 0.2) is 48.5 Å². The lowest BCUT2D eigenvalue weighted by molar-refractivity contribution is 0.462. The largest absolute Gasteiger partial charge is 0.508 e. The molecule has 0 saturated carbocycles. The average molecular weight is 413 g/mol. The zero-order valence-electron chi connectivity index (χ0n) is 18.4. The average Bonchev–Trinajstić information content (AvgIpc) is 2.76. The molecule has 4 N–H and O–H groups in total. The number of nitrogens with one attached hydrogen (secondary N) is 2. The van der Waals surface area contributed by atoms with Crippen molar-refractivity contribution in [3.05, 3.63) is 59.7 Å². The van der Waals surface area contributed by atoms with Crippen molar-refractivity contribution in [3.63, 3.8) is 0 Å². The molecule has 0 unspecified atom stereocenters. The summed E-state index contributed by atoms with van der Waals surface area (Å²) in [4.78, 5) is 0. The molecule has 166 valence electrons. The highest BCUT2D eigenvalue weighted by Crippen LogP contribution is 2.16. The van der Waals surface area contributed by atoms with E-state index >= 15 is 0 Å². The maximum Gasteiger partial charge on any atom is 0.120 e. The number of rotatable bonds is 17. The Morgan fingerprint density at radius 2 is 0.800 bits per heavy atom. The molecule has 0 aliphatic heterocycles. The van der Waals surface area contributed by atoms with Crippen LogP contribution >= 0.6 is 0 Å². The molecule has 0 aliphatic rings. The molecule has 2 aromatic rings. The van der Waals surface area contributed by atoms with Crippen LogP contribution in [-0.2, 0) is 13.1 Å². The van der Waals surface area contributed by atoms with Crippen molar-refractivity contribution in [2.45, 2.75) is 77.3 Å². The van der Waals surface area contributed by atoms with E-state index in [1.54, 1.807) is 12.1 Å². The Morgan fingerprint density at radius 3 is 1.17 bits per heavy atom. The minimum atomic E-state index is 0.383. The van der Waals surface area contributed by atoms with Gasteiger partial charge in [-0.1, -0.05) is 87.8 Å². The Kier molecular flexibility index (Phi) is 12.7. The predicted octanol–water partition coefficient (Wildman–Crippen LogP) is 5.88. The van der Waals surface area contributed by atoms with E-state index in [9.17, 15) is 10.2 Å². The lowest BCUT2D eigenvalue weighted by Crippen LogP contribution is -2.14. The summed E-state index contributed by atoms with van der Waals surface area (Å²) >= 11 is 0. The van der Waals surface area contributed by atoms with Gasteiger partial charge in [0.05, 0.1) is 0 Å². The van der Waals surface area contributed by atoms with Crippen LogP contribution in [0.25, 0.3) is 0 Å². The van der Waals surface area contributed by atoms with E-state index in [1.807, 2.05) is 36.4 Å². The fraction of sp³-hybridized carbons (Fsp3) is 0.538. The molecule has 0 spiro atoms. The van der Waals surface area contributed by atoms with E-state index in [0.29, 0.717) is 11.5 Å². The van der Waals surface area contributed by atoms with Crippen LogP contribution in [-0.4, -0.2) is 23.3 Å². The standard InChI is InChI=1S/C26H40N2O2/c29-25-17-11-9-15-23(25)21-27-19-13-7-5-3-1-2-4-6-8-14-20-28-22-24-16-10-12-18-26(24)30/h9-12,15-18,27-30H,1-8,13-14,19-22H2. The summed E-state index contributed by atoms with van der Waals surface area (Å²) in [6.07, 6.45) is 13.1. The molecule has 0 amide bonds. The van der Waals surface area contributed by atoms with Crippen LogP contribution in [0.4, 0.5) is 0 Å². The molecule has 0 atom stereocenters. The van der Waals surface area contributed by atoms with Crippen LogP contribution in [0.5, 0.6) is 11.5 Å². The topological polar surface area (TPSA) is 64.5 Å². The summed E-state index contributed by atoms with van der Waals surface area (Å²) in [6, 6.07) is 15.1. The summed E-state index contributed by atoms with van der Waals surface area (Å²) in [5, 5.41) is 26.3. The fourth-order valence-electron chi connectivity index (χ4n) is 3.68. The highest BCUT2D eigenvalue weighted by atomic mass is 16.3. The highest BCUT2D eigenvalue weighted by molar-refractivity contribution is 5.32. The maximum atomic E-state index is 9.73. The van der Waals surface area contributed by atoms with E-state index in [-0.39, 0.29) is 0 Å². The van der Waals surface area contributed by atoms with Crippen LogP contribution < -0.4 is 10.6 Å². The molecule has 0 radical (unpaired) electrons. The Morgan fingerprint density at radius 1 is 0.467 bits per heavy atom. The number of para-hydroxylation sites is 2. The first kappa shape index (κ1) is 24.2. The van der Waals surface area contributed by atoms with Gasteiger partial charge in [-0.25, -0.2) is 0 Å². The molecule has 30 heavy (non-hydrogen) atoms. The van der Waals surface area contributed by atoms with Crippen LogP contribution in [0, 0.1) is 0 Å². The molecule has 0 saturated heterocycles. The van der Waals surface area contributed by atoms with Gasteiger partial charge in [0.2, 0.25) is 0 Å². The van der Waals surface area contributed by atoms with Crippen molar-refractivity contribution in [2.24, 2.45) is 0 Å². The number of phenolic OH excluding ortho intramolecular Hbond substituents is 2. The van der Waals surface area contributed by atoms with Crippen molar-refractivity contribution >= 4 is 0 Å². The number of phenols is 2. The summed E-state index contributed by atoms with van der Waals surface area (Å²) in [6.45, 7) is 3.53. The minimum absolute atomic E-state index is 0.383. The van der Waals surface area contributed by atoms with Gasteiger partial charge < -0.3 is 20.8 Å². The third-order valence-electron chi connectivity index (χ3n) is 5.57. The van der Waals surface area contributed by atoms with E-state index in [0.717, 1.165) is 37.3 Å². The molecular weight excluding hydrogens is 372 g/mol. The predicted molar refractivity (Wildman–Crippen MR) is 126 cm³/mol. The molecule has 2 rings (SSSR count).